The Bertz CT molecular complexity index is 564. The molecule has 0 radical (unpaired) electrons. The van der Waals surface area contributed by atoms with Crippen molar-refractivity contribution in [3.05, 3.63) is 35.4 Å². The molecule has 1 aliphatic heterocycles. The van der Waals surface area contributed by atoms with Gasteiger partial charge >= 0.3 is 0 Å². The van der Waals surface area contributed by atoms with E-state index in [-0.39, 0.29) is 24.9 Å². The van der Waals surface area contributed by atoms with Crippen LogP contribution in [-0.4, -0.2) is 49.3 Å². The summed E-state index contributed by atoms with van der Waals surface area (Å²) >= 11 is 0. The van der Waals surface area contributed by atoms with Crippen molar-refractivity contribution >= 4 is 24.2 Å². The van der Waals surface area contributed by atoms with Gasteiger partial charge in [0.05, 0.1) is 12.6 Å². The highest BCUT2D eigenvalue weighted by Crippen LogP contribution is 2.25. The summed E-state index contributed by atoms with van der Waals surface area (Å²) in [5.74, 6) is -3.37. The summed E-state index contributed by atoms with van der Waals surface area (Å²) in [5, 5.41) is 5.13. The largest absolute Gasteiger partial charge is 0.351 e. The van der Waals surface area contributed by atoms with Gasteiger partial charge in [0.25, 0.3) is 11.8 Å². The molecular formula is C15H20ClF2N3O2. The van der Waals surface area contributed by atoms with Crippen molar-refractivity contribution < 1.29 is 18.4 Å². The average molecular weight is 348 g/mol. The van der Waals surface area contributed by atoms with Gasteiger partial charge in [0.15, 0.2) is 0 Å². The summed E-state index contributed by atoms with van der Waals surface area (Å²) in [6.45, 7) is -0.231. The van der Waals surface area contributed by atoms with Crippen LogP contribution < -0.4 is 10.6 Å². The van der Waals surface area contributed by atoms with Gasteiger partial charge in [-0.2, -0.15) is 0 Å². The molecule has 128 valence electrons. The molecule has 0 saturated carbocycles. The third kappa shape index (κ3) is 5.14. The van der Waals surface area contributed by atoms with Crippen molar-refractivity contribution in [2.45, 2.75) is 24.9 Å². The second-order valence-electron chi connectivity index (χ2n) is 5.61. The third-order valence-electron chi connectivity index (χ3n) is 3.50. The van der Waals surface area contributed by atoms with Crippen LogP contribution in [0.4, 0.5) is 8.78 Å². The lowest BCUT2D eigenvalue weighted by Crippen LogP contribution is -2.40. The number of hydrogen-bond donors (Lipinski definition) is 2. The SMILES string of the molecule is CN(C)C(=O)c1ccc(CNC(=O)C2CC(F)(F)CN2)cc1.Cl. The first-order chi connectivity index (χ1) is 10.3. The summed E-state index contributed by atoms with van der Waals surface area (Å²) in [7, 11) is 3.34. The second-order valence-corrected chi connectivity index (χ2v) is 5.61. The van der Waals surface area contributed by atoms with Gasteiger partial charge in [-0.15, -0.1) is 12.4 Å². The zero-order valence-electron chi connectivity index (χ0n) is 12.9. The monoisotopic (exact) mass is 347 g/mol. The van der Waals surface area contributed by atoms with E-state index in [1.165, 1.54) is 4.90 Å². The van der Waals surface area contributed by atoms with Crippen molar-refractivity contribution in [3.63, 3.8) is 0 Å². The van der Waals surface area contributed by atoms with Crippen molar-refractivity contribution in [2.75, 3.05) is 20.6 Å². The first kappa shape index (κ1) is 19.3. The lowest BCUT2D eigenvalue weighted by molar-refractivity contribution is -0.123. The molecule has 0 aromatic heterocycles. The van der Waals surface area contributed by atoms with Crippen molar-refractivity contribution in [2.24, 2.45) is 0 Å². The van der Waals surface area contributed by atoms with Gasteiger partial charge < -0.3 is 10.2 Å². The first-order valence-corrected chi connectivity index (χ1v) is 6.98. The molecule has 1 saturated heterocycles. The van der Waals surface area contributed by atoms with Gasteiger partial charge in [0.1, 0.15) is 0 Å². The minimum Gasteiger partial charge on any atom is -0.351 e. The molecule has 23 heavy (non-hydrogen) atoms. The van der Waals surface area contributed by atoms with E-state index in [2.05, 4.69) is 10.6 Å². The quantitative estimate of drug-likeness (QED) is 0.866. The zero-order chi connectivity index (χ0) is 16.3. The molecule has 5 nitrogen and oxygen atoms in total. The Kier molecular flexibility index (Phi) is 6.47. The van der Waals surface area contributed by atoms with E-state index in [4.69, 9.17) is 0 Å². The Hall–Kier alpha value is -1.73. The molecule has 0 spiro atoms. The minimum absolute atomic E-state index is 0. The summed E-state index contributed by atoms with van der Waals surface area (Å²) in [5.41, 5.74) is 1.35. The number of nitrogens with one attached hydrogen (secondary N) is 2. The maximum absolute atomic E-state index is 13.0. The Balaban J connectivity index is 0.00000264. The molecule has 0 bridgehead atoms. The molecule has 0 aliphatic carbocycles. The fourth-order valence-corrected chi connectivity index (χ4v) is 2.24. The maximum Gasteiger partial charge on any atom is 0.262 e. The highest BCUT2D eigenvalue weighted by atomic mass is 35.5. The zero-order valence-corrected chi connectivity index (χ0v) is 13.8. The molecule has 2 N–H and O–H groups in total. The van der Waals surface area contributed by atoms with Gasteiger partial charge in [-0.1, -0.05) is 12.1 Å². The topological polar surface area (TPSA) is 61.4 Å². The first-order valence-electron chi connectivity index (χ1n) is 6.98. The fraction of sp³-hybridized carbons (Fsp3) is 0.467. The lowest BCUT2D eigenvalue weighted by atomic mass is 10.1. The summed E-state index contributed by atoms with van der Waals surface area (Å²) in [6.07, 6.45) is -0.477. The molecule has 8 heteroatoms. The Labute approximate surface area is 139 Å². The molecule has 1 atom stereocenters. The number of halogens is 3. The molecule has 1 heterocycles. The highest BCUT2D eigenvalue weighted by molar-refractivity contribution is 5.93. The van der Waals surface area contributed by atoms with Crippen LogP contribution in [0.5, 0.6) is 0 Å². The Morgan fingerprint density at radius 1 is 1.30 bits per heavy atom. The molecule has 2 rings (SSSR count). The summed E-state index contributed by atoms with van der Waals surface area (Å²) in [4.78, 5) is 25.0. The molecule has 1 aromatic carbocycles. The molecule has 1 unspecified atom stereocenters. The number of nitrogens with zero attached hydrogens (tertiary/aromatic N) is 1. The van der Waals surface area contributed by atoms with Crippen LogP contribution in [0.25, 0.3) is 0 Å². The number of carbonyl (C=O) groups excluding carboxylic acids is 2. The van der Waals surface area contributed by atoms with Crippen LogP contribution >= 0.6 is 12.4 Å². The molecule has 2 amide bonds. The lowest BCUT2D eigenvalue weighted by Gasteiger charge is -2.12. The van der Waals surface area contributed by atoms with E-state index in [0.29, 0.717) is 5.56 Å². The van der Waals surface area contributed by atoms with Crippen LogP contribution in [0.15, 0.2) is 24.3 Å². The van der Waals surface area contributed by atoms with E-state index >= 15 is 0 Å². The molecule has 1 aliphatic rings. The van der Waals surface area contributed by atoms with Crippen LogP contribution in [0.3, 0.4) is 0 Å². The van der Waals surface area contributed by atoms with Crippen LogP contribution in [0, 0.1) is 0 Å². The normalized spacial score (nSPS) is 18.9. The number of hydrogen-bond acceptors (Lipinski definition) is 3. The number of carbonyl (C=O) groups is 2. The summed E-state index contributed by atoms with van der Waals surface area (Å²) < 4.78 is 26.0. The number of alkyl halides is 2. The smallest absolute Gasteiger partial charge is 0.262 e. The van der Waals surface area contributed by atoms with Gasteiger partial charge in [-0.05, 0) is 17.7 Å². The van der Waals surface area contributed by atoms with Crippen LogP contribution in [0.2, 0.25) is 0 Å². The van der Waals surface area contributed by atoms with E-state index in [1.807, 2.05) is 0 Å². The fourth-order valence-electron chi connectivity index (χ4n) is 2.24. The predicted molar refractivity (Wildman–Crippen MR) is 84.9 cm³/mol. The van der Waals surface area contributed by atoms with E-state index in [1.54, 1.807) is 38.4 Å². The van der Waals surface area contributed by atoms with Gasteiger partial charge in [0, 0.05) is 32.6 Å². The highest BCUT2D eigenvalue weighted by Gasteiger charge is 2.42. The second kappa shape index (κ2) is 7.70. The van der Waals surface area contributed by atoms with Crippen LogP contribution in [0.1, 0.15) is 22.3 Å². The van der Waals surface area contributed by atoms with Crippen molar-refractivity contribution in [1.29, 1.82) is 0 Å². The minimum atomic E-state index is -2.82. The average Bonchev–Trinajstić information content (AvgIpc) is 2.84. The van der Waals surface area contributed by atoms with Gasteiger partial charge in [0.2, 0.25) is 5.91 Å². The Morgan fingerprint density at radius 2 is 1.91 bits per heavy atom. The van der Waals surface area contributed by atoms with Gasteiger partial charge in [-0.3, -0.25) is 14.9 Å². The molecular weight excluding hydrogens is 328 g/mol. The number of amides is 2. The number of benzene rings is 1. The van der Waals surface area contributed by atoms with Crippen molar-refractivity contribution in [3.8, 4) is 0 Å². The predicted octanol–water partition coefficient (Wildman–Crippen LogP) is 1.42. The van der Waals surface area contributed by atoms with Crippen molar-refractivity contribution in [1.82, 2.24) is 15.5 Å². The third-order valence-corrected chi connectivity index (χ3v) is 3.50. The number of rotatable bonds is 4. The van der Waals surface area contributed by atoms with Crippen LogP contribution in [-0.2, 0) is 11.3 Å². The summed E-state index contributed by atoms with van der Waals surface area (Å²) in [6, 6.07) is 5.95. The van der Waals surface area contributed by atoms with E-state index < -0.39 is 30.8 Å². The standard InChI is InChI=1S/C15H19F2N3O2.ClH/c1-20(2)14(22)11-5-3-10(4-6-11)8-18-13(21)12-7-15(16,17)9-19-12;/h3-6,12,19H,7-9H2,1-2H3,(H,18,21);1H. The molecule has 1 fully saturated rings. The maximum atomic E-state index is 13.0. The van der Waals surface area contributed by atoms with E-state index in [9.17, 15) is 18.4 Å². The van der Waals surface area contributed by atoms with Gasteiger partial charge in [-0.25, -0.2) is 8.78 Å². The Morgan fingerprint density at radius 3 is 2.39 bits per heavy atom. The van der Waals surface area contributed by atoms with E-state index in [0.717, 1.165) is 5.56 Å². The molecule has 1 aromatic rings.